The molecule has 5 heteroatoms. The van der Waals surface area contributed by atoms with Crippen molar-refractivity contribution in [2.45, 2.75) is 117 Å². The van der Waals surface area contributed by atoms with E-state index >= 15 is 0 Å². The van der Waals surface area contributed by atoms with Gasteiger partial charge in [0.05, 0.1) is 24.6 Å². The fraction of sp³-hybridized carbons (Fsp3) is 0.625. The second-order valence-electron chi connectivity index (χ2n) is 10.1. The predicted octanol–water partition coefficient (Wildman–Crippen LogP) is 9.68. The Morgan fingerprint density at radius 3 is 1.22 bits per heavy atom. The first kappa shape index (κ1) is 30.7. The van der Waals surface area contributed by atoms with Crippen molar-refractivity contribution in [1.29, 1.82) is 0 Å². The molecule has 37 heavy (non-hydrogen) atoms. The Labute approximate surface area is 226 Å². The van der Waals surface area contributed by atoms with E-state index < -0.39 is 0 Å². The molecule has 0 heterocycles. The highest BCUT2D eigenvalue weighted by Gasteiger charge is 2.08. The summed E-state index contributed by atoms with van der Waals surface area (Å²) < 4.78 is 18.0. The van der Waals surface area contributed by atoms with Crippen LogP contribution < -0.4 is 25.7 Å². The van der Waals surface area contributed by atoms with Crippen LogP contribution in [-0.2, 0) is 0 Å². The lowest BCUT2D eigenvalue weighted by molar-refractivity contribution is 0.303. The number of nitrogens with two attached hydrogens (primary N) is 2. The predicted molar refractivity (Wildman–Crippen MR) is 158 cm³/mol. The lowest BCUT2D eigenvalue weighted by Gasteiger charge is -2.14. The summed E-state index contributed by atoms with van der Waals surface area (Å²) in [6, 6.07) is 11.1. The molecule has 0 radical (unpaired) electrons. The molecule has 0 aliphatic heterocycles. The third-order valence-electron chi connectivity index (χ3n) is 6.72. The van der Waals surface area contributed by atoms with E-state index in [1.54, 1.807) is 0 Å². The Balaban J connectivity index is 1.73. The third kappa shape index (κ3) is 13.5. The molecule has 0 aliphatic rings. The Morgan fingerprint density at radius 1 is 0.486 bits per heavy atom. The second kappa shape index (κ2) is 19.5. The molecule has 0 aromatic heterocycles. The normalized spacial score (nSPS) is 11.0. The Hall–Kier alpha value is -2.56. The van der Waals surface area contributed by atoms with Crippen molar-refractivity contribution in [2.75, 3.05) is 24.7 Å². The Morgan fingerprint density at radius 2 is 0.838 bits per heavy atom. The number of hydrogen-bond acceptors (Lipinski definition) is 5. The van der Waals surface area contributed by atoms with Gasteiger partial charge in [0.2, 0.25) is 0 Å². The maximum Gasteiger partial charge on any atom is 0.145 e. The number of benzene rings is 2. The summed E-state index contributed by atoms with van der Waals surface area (Å²) >= 11 is 0. The number of nitrogen functional groups attached to an aromatic ring is 2. The standard InChI is InChI=1S/C32H52N2O3/c1-3-5-7-9-11-13-15-17-23-35-31-25-27(19-21-29(31)33)37-28-20-22-30(34)32(26-28)36-24-18-16-14-12-10-8-6-4-2/h19-22,25-26H,3-18,23-24,33-34H2,1-2H3. The van der Waals surface area contributed by atoms with Crippen LogP contribution in [0.4, 0.5) is 11.4 Å². The van der Waals surface area contributed by atoms with Crippen molar-refractivity contribution in [3.63, 3.8) is 0 Å². The summed E-state index contributed by atoms with van der Waals surface area (Å²) in [7, 11) is 0. The maximum absolute atomic E-state index is 6.14. The van der Waals surface area contributed by atoms with Crippen LogP contribution in [-0.4, -0.2) is 13.2 Å². The minimum atomic E-state index is 0.624. The van der Waals surface area contributed by atoms with E-state index in [1.165, 1.54) is 89.9 Å². The Bertz CT molecular complexity index is 786. The highest BCUT2D eigenvalue weighted by Crippen LogP contribution is 2.33. The molecular weight excluding hydrogens is 460 g/mol. The fourth-order valence-corrected chi connectivity index (χ4v) is 4.38. The molecule has 0 spiro atoms. The van der Waals surface area contributed by atoms with Gasteiger partial charge in [-0.2, -0.15) is 0 Å². The van der Waals surface area contributed by atoms with E-state index in [4.69, 9.17) is 25.7 Å². The zero-order valence-electron chi connectivity index (χ0n) is 23.6. The minimum Gasteiger partial charge on any atom is -0.491 e. The summed E-state index contributed by atoms with van der Waals surface area (Å²) in [6.07, 6.45) is 20.3. The van der Waals surface area contributed by atoms with Crippen molar-refractivity contribution < 1.29 is 14.2 Å². The minimum absolute atomic E-state index is 0.624. The van der Waals surface area contributed by atoms with Gasteiger partial charge in [0.25, 0.3) is 0 Å². The van der Waals surface area contributed by atoms with Crippen molar-refractivity contribution in [3.8, 4) is 23.0 Å². The second-order valence-corrected chi connectivity index (χ2v) is 10.1. The van der Waals surface area contributed by atoms with Gasteiger partial charge in [-0.1, -0.05) is 104 Å². The Kier molecular flexibility index (Phi) is 16.2. The number of ether oxygens (including phenoxy) is 3. The molecule has 0 unspecified atom stereocenters. The van der Waals surface area contributed by atoms with Crippen molar-refractivity contribution >= 4 is 11.4 Å². The van der Waals surface area contributed by atoms with Crippen LogP contribution in [0, 0.1) is 0 Å². The van der Waals surface area contributed by atoms with Gasteiger partial charge in [-0.05, 0) is 37.1 Å². The van der Waals surface area contributed by atoms with Gasteiger partial charge in [0.15, 0.2) is 0 Å². The summed E-state index contributed by atoms with van der Waals surface area (Å²) in [5, 5.41) is 0. The number of hydrogen-bond donors (Lipinski definition) is 2. The molecule has 208 valence electrons. The van der Waals surface area contributed by atoms with Crippen LogP contribution in [0.1, 0.15) is 117 Å². The summed E-state index contributed by atoms with van der Waals surface area (Å²) in [5.41, 5.74) is 13.5. The lowest BCUT2D eigenvalue weighted by Crippen LogP contribution is -2.01. The molecular formula is C32H52N2O3. The molecule has 0 atom stereocenters. The zero-order valence-corrected chi connectivity index (χ0v) is 23.6. The third-order valence-corrected chi connectivity index (χ3v) is 6.72. The zero-order chi connectivity index (χ0) is 26.6. The van der Waals surface area contributed by atoms with Crippen LogP contribution in [0.15, 0.2) is 36.4 Å². The van der Waals surface area contributed by atoms with E-state index in [1.807, 2.05) is 36.4 Å². The molecule has 0 bridgehead atoms. The molecule has 2 aromatic rings. The van der Waals surface area contributed by atoms with Crippen LogP contribution in [0.5, 0.6) is 23.0 Å². The van der Waals surface area contributed by atoms with Gasteiger partial charge in [-0.3, -0.25) is 0 Å². The quantitative estimate of drug-likeness (QED) is 0.121. The van der Waals surface area contributed by atoms with Crippen molar-refractivity contribution in [3.05, 3.63) is 36.4 Å². The van der Waals surface area contributed by atoms with E-state index in [0.29, 0.717) is 47.6 Å². The van der Waals surface area contributed by atoms with Crippen LogP contribution in [0.3, 0.4) is 0 Å². The first-order chi connectivity index (χ1) is 18.1. The smallest absolute Gasteiger partial charge is 0.145 e. The van der Waals surface area contributed by atoms with E-state index in [2.05, 4.69) is 13.8 Å². The van der Waals surface area contributed by atoms with Gasteiger partial charge in [-0.25, -0.2) is 0 Å². The van der Waals surface area contributed by atoms with Crippen LogP contribution in [0.2, 0.25) is 0 Å². The summed E-state index contributed by atoms with van der Waals surface area (Å²) in [6.45, 7) is 5.84. The fourth-order valence-electron chi connectivity index (χ4n) is 4.38. The van der Waals surface area contributed by atoms with Crippen LogP contribution >= 0.6 is 0 Å². The first-order valence-electron chi connectivity index (χ1n) is 14.9. The van der Waals surface area contributed by atoms with Gasteiger partial charge >= 0.3 is 0 Å². The van der Waals surface area contributed by atoms with Gasteiger partial charge in [-0.15, -0.1) is 0 Å². The monoisotopic (exact) mass is 512 g/mol. The lowest BCUT2D eigenvalue weighted by atomic mass is 10.1. The van der Waals surface area contributed by atoms with E-state index in [0.717, 1.165) is 12.8 Å². The van der Waals surface area contributed by atoms with E-state index in [9.17, 15) is 0 Å². The average Bonchev–Trinajstić information content (AvgIpc) is 2.90. The molecule has 0 fully saturated rings. The molecule has 0 aliphatic carbocycles. The van der Waals surface area contributed by atoms with Crippen molar-refractivity contribution in [1.82, 2.24) is 0 Å². The summed E-state index contributed by atoms with van der Waals surface area (Å²) in [4.78, 5) is 0. The molecule has 2 aromatic carbocycles. The molecule has 0 amide bonds. The first-order valence-corrected chi connectivity index (χ1v) is 14.9. The van der Waals surface area contributed by atoms with Crippen molar-refractivity contribution in [2.24, 2.45) is 0 Å². The highest BCUT2D eigenvalue weighted by atomic mass is 16.5. The summed E-state index contributed by atoms with van der Waals surface area (Å²) in [5.74, 6) is 2.70. The number of rotatable bonds is 22. The molecule has 5 nitrogen and oxygen atoms in total. The number of unbranched alkanes of at least 4 members (excludes halogenated alkanes) is 14. The van der Waals surface area contributed by atoms with Crippen LogP contribution in [0.25, 0.3) is 0 Å². The topological polar surface area (TPSA) is 79.7 Å². The van der Waals surface area contributed by atoms with Gasteiger partial charge in [0, 0.05) is 12.1 Å². The molecule has 0 saturated heterocycles. The average molecular weight is 513 g/mol. The number of anilines is 2. The largest absolute Gasteiger partial charge is 0.491 e. The van der Waals surface area contributed by atoms with Gasteiger partial charge in [0.1, 0.15) is 23.0 Å². The van der Waals surface area contributed by atoms with E-state index in [-0.39, 0.29) is 0 Å². The molecule has 0 saturated carbocycles. The highest BCUT2D eigenvalue weighted by molar-refractivity contribution is 5.58. The van der Waals surface area contributed by atoms with Gasteiger partial charge < -0.3 is 25.7 Å². The maximum atomic E-state index is 6.14. The molecule has 2 rings (SSSR count). The molecule has 4 N–H and O–H groups in total. The SMILES string of the molecule is CCCCCCCCCCOc1cc(Oc2ccc(N)c(OCCCCCCCCCC)c2)ccc1N.